The normalized spacial score (nSPS) is 26.3. The lowest BCUT2D eigenvalue weighted by Gasteiger charge is -2.32. The van der Waals surface area contributed by atoms with E-state index < -0.39 is 11.1 Å². The Morgan fingerprint density at radius 2 is 2.14 bits per heavy atom. The molecule has 9 nitrogen and oxygen atoms in total. The van der Waals surface area contributed by atoms with Gasteiger partial charge in [-0.25, -0.2) is 9.50 Å². The summed E-state index contributed by atoms with van der Waals surface area (Å²) in [6, 6.07) is 5.82. The van der Waals surface area contributed by atoms with Gasteiger partial charge < -0.3 is 20.9 Å². The van der Waals surface area contributed by atoms with Crippen LogP contribution in [-0.2, 0) is 19.9 Å². The Morgan fingerprint density at radius 3 is 2.90 bits per heavy atom. The number of nitrogens with zero attached hydrogens (tertiary/aromatic N) is 4. The van der Waals surface area contributed by atoms with Crippen LogP contribution >= 0.6 is 0 Å². The van der Waals surface area contributed by atoms with Gasteiger partial charge >= 0.3 is 5.97 Å². The van der Waals surface area contributed by atoms with Crippen LogP contribution in [0.25, 0.3) is 5.52 Å². The minimum Gasteiger partial charge on any atom is -0.463 e. The first-order chi connectivity index (χ1) is 13.9. The molecule has 0 bridgehead atoms. The van der Waals surface area contributed by atoms with E-state index >= 15 is 0 Å². The molecule has 1 aliphatic carbocycles. The third-order valence-corrected chi connectivity index (χ3v) is 6.04. The molecule has 154 valence electrons. The van der Waals surface area contributed by atoms with E-state index in [2.05, 4.69) is 16.2 Å². The zero-order valence-electron chi connectivity index (χ0n) is 16.3. The van der Waals surface area contributed by atoms with Crippen molar-refractivity contribution in [2.45, 2.75) is 68.6 Å². The van der Waals surface area contributed by atoms with Gasteiger partial charge in [0.2, 0.25) is 0 Å². The highest BCUT2D eigenvalue weighted by Crippen LogP contribution is 2.40. The predicted octanol–water partition coefficient (Wildman–Crippen LogP) is 1.80. The van der Waals surface area contributed by atoms with Crippen molar-refractivity contribution in [3.63, 3.8) is 0 Å². The van der Waals surface area contributed by atoms with Gasteiger partial charge in [0, 0.05) is 5.54 Å². The molecule has 2 aromatic rings. The Morgan fingerprint density at radius 1 is 1.34 bits per heavy atom. The molecule has 1 aliphatic heterocycles. The maximum atomic E-state index is 12.3. The van der Waals surface area contributed by atoms with Gasteiger partial charge in [0.15, 0.2) is 11.4 Å². The maximum absolute atomic E-state index is 12.3. The molecular weight excluding hydrogens is 372 g/mol. The Labute approximate surface area is 169 Å². The smallest absolute Gasteiger partial charge is 0.307 e. The van der Waals surface area contributed by atoms with E-state index in [-0.39, 0.29) is 25.1 Å². The van der Waals surface area contributed by atoms with E-state index in [1.807, 2.05) is 0 Å². The van der Waals surface area contributed by atoms with Crippen LogP contribution in [0.2, 0.25) is 0 Å². The molecule has 1 saturated heterocycles. The van der Waals surface area contributed by atoms with Crippen LogP contribution in [0.4, 0.5) is 5.82 Å². The number of carbonyl (C=O) groups is 1. The number of fused-ring (bicyclic) bond motifs is 1. The Bertz CT molecular complexity index is 945. The third kappa shape index (κ3) is 3.78. The molecule has 0 radical (unpaired) electrons. The summed E-state index contributed by atoms with van der Waals surface area (Å²) in [4.78, 5) is 16.3. The number of hydrogen-bond donors (Lipinski definition) is 2. The summed E-state index contributed by atoms with van der Waals surface area (Å²) < 4.78 is 13.1. The first-order valence-corrected chi connectivity index (χ1v) is 10.1. The second-order valence-electron chi connectivity index (χ2n) is 8.16. The molecule has 3 heterocycles. The van der Waals surface area contributed by atoms with Crippen LogP contribution in [0, 0.1) is 11.3 Å². The summed E-state index contributed by atoms with van der Waals surface area (Å²) in [6.07, 6.45) is 7.28. The number of nitriles is 1. The Balaban J connectivity index is 1.40. The molecule has 4 N–H and O–H groups in total. The number of nitrogen functional groups attached to an aromatic ring is 1. The molecule has 4 rings (SSSR count). The molecule has 0 aromatic carbocycles. The van der Waals surface area contributed by atoms with Crippen molar-refractivity contribution in [1.29, 1.82) is 5.26 Å². The summed E-state index contributed by atoms with van der Waals surface area (Å²) in [5, 5.41) is 14.1. The summed E-state index contributed by atoms with van der Waals surface area (Å²) in [5.41, 5.74) is 11.8. The average Bonchev–Trinajstić information content (AvgIpc) is 3.32. The lowest BCUT2D eigenvalue weighted by atomic mass is 9.80. The second-order valence-corrected chi connectivity index (χ2v) is 8.16. The number of esters is 1. The fourth-order valence-corrected chi connectivity index (χ4v) is 4.43. The highest BCUT2D eigenvalue weighted by molar-refractivity contribution is 5.71. The molecule has 2 fully saturated rings. The number of nitrogens with two attached hydrogens (primary N) is 2. The zero-order valence-corrected chi connectivity index (χ0v) is 16.3. The van der Waals surface area contributed by atoms with Crippen molar-refractivity contribution in [2.24, 2.45) is 5.73 Å². The van der Waals surface area contributed by atoms with Gasteiger partial charge in [-0.1, -0.05) is 19.3 Å². The van der Waals surface area contributed by atoms with Gasteiger partial charge in [-0.05, 0) is 37.8 Å². The SMILES string of the molecule is N#CC1(c2ccc3c(N)ncnn23)CCC(COC(=O)CC2(N)CCCCC2)O1. The first-order valence-electron chi connectivity index (χ1n) is 10.1. The van der Waals surface area contributed by atoms with Crippen molar-refractivity contribution in [2.75, 3.05) is 12.3 Å². The molecule has 1 saturated carbocycles. The molecule has 2 unspecified atom stereocenters. The van der Waals surface area contributed by atoms with E-state index in [1.54, 1.807) is 16.6 Å². The second kappa shape index (κ2) is 7.61. The number of ether oxygens (including phenoxy) is 2. The Hall–Kier alpha value is -2.70. The monoisotopic (exact) mass is 398 g/mol. The van der Waals surface area contributed by atoms with Crippen LogP contribution in [0.5, 0.6) is 0 Å². The molecule has 0 amide bonds. The summed E-state index contributed by atoms with van der Waals surface area (Å²) in [7, 11) is 0. The van der Waals surface area contributed by atoms with E-state index in [0.29, 0.717) is 29.9 Å². The average molecular weight is 398 g/mol. The van der Waals surface area contributed by atoms with Crippen LogP contribution in [0.3, 0.4) is 0 Å². The topological polar surface area (TPSA) is 142 Å². The van der Waals surface area contributed by atoms with Gasteiger partial charge in [-0.2, -0.15) is 10.4 Å². The largest absolute Gasteiger partial charge is 0.463 e. The van der Waals surface area contributed by atoms with E-state index in [1.165, 1.54) is 12.7 Å². The van der Waals surface area contributed by atoms with Gasteiger partial charge in [0.25, 0.3) is 0 Å². The lowest BCUT2D eigenvalue weighted by molar-refractivity contribution is -0.150. The number of carbonyl (C=O) groups excluding carboxylic acids is 1. The molecule has 2 atom stereocenters. The molecule has 2 aliphatic rings. The van der Waals surface area contributed by atoms with Crippen LogP contribution in [0.15, 0.2) is 18.5 Å². The predicted molar refractivity (Wildman–Crippen MR) is 104 cm³/mol. The van der Waals surface area contributed by atoms with Crippen LogP contribution in [-0.4, -0.2) is 38.8 Å². The van der Waals surface area contributed by atoms with Crippen molar-refractivity contribution in [3.8, 4) is 6.07 Å². The summed E-state index contributed by atoms with van der Waals surface area (Å²) in [6.45, 7) is 0.110. The molecular formula is C20H26N6O3. The molecule has 9 heteroatoms. The fourth-order valence-electron chi connectivity index (χ4n) is 4.43. The van der Waals surface area contributed by atoms with Crippen molar-refractivity contribution in [3.05, 3.63) is 24.2 Å². The van der Waals surface area contributed by atoms with Crippen molar-refractivity contribution < 1.29 is 14.3 Å². The quantitative estimate of drug-likeness (QED) is 0.726. The summed E-state index contributed by atoms with van der Waals surface area (Å²) in [5.74, 6) is 0.0300. The van der Waals surface area contributed by atoms with E-state index in [9.17, 15) is 10.1 Å². The number of aromatic nitrogens is 3. The van der Waals surface area contributed by atoms with Gasteiger partial charge in [0.1, 0.15) is 24.5 Å². The standard InChI is InChI=1S/C20H26N6O3/c21-12-20(16-5-4-15-18(22)24-13-25-26(15)16)9-6-14(29-20)11-28-17(27)10-19(23)7-2-1-3-8-19/h4-5,13-14H,1-3,6-11,23H2,(H2,22,24,25). The Kier molecular flexibility index (Phi) is 5.15. The fraction of sp³-hybridized carbons (Fsp3) is 0.600. The molecule has 0 spiro atoms. The summed E-state index contributed by atoms with van der Waals surface area (Å²) >= 11 is 0. The number of hydrogen-bond acceptors (Lipinski definition) is 8. The number of rotatable bonds is 5. The van der Waals surface area contributed by atoms with E-state index in [4.69, 9.17) is 20.9 Å². The molecule has 29 heavy (non-hydrogen) atoms. The van der Waals surface area contributed by atoms with Crippen LogP contribution < -0.4 is 11.5 Å². The van der Waals surface area contributed by atoms with Crippen molar-refractivity contribution >= 4 is 17.3 Å². The van der Waals surface area contributed by atoms with Crippen molar-refractivity contribution in [1.82, 2.24) is 14.6 Å². The lowest BCUT2D eigenvalue weighted by Crippen LogP contribution is -2.44. The zero-order chi connectivity index (χ0) is 20.5. The molecule has 2 aromatic heterocycles. The minimum atomic E-state index is -1.16. The minimum absolute atomic E-state index is 0.110. The highest BCUT2D eigenvalue weighted by Gasteiger charge is 2.45. The van der Waals surface area contributed by atoms with E-state index in [0.717, 1.165) is 25.7 Å². The highest BCUT2D eigenvalue weighted by atomic mass is 16.6. The third-order valence-electron chi connectivity index (χ3n) is 6.04. The first kappa shape index (κ1) is 19.6. The maximum Gasteiger partial charge on any atom is 0.307 e. The van der Waals surface area contributed by atoms with Gasteiger partial charge in [0.05, 0.1) is 18.2 Å². The number of anilines is 1. The van der Waals surface area contributed by atoms with Gasteiger partial charge in [-0.3, -0.25) is 4.79 Å². The van der Waals surface area contributed by atoms with Gasteiger partial charge in [-0.15, -0.1) is 0 Å². The van der Waals surface area contributed by atoms with Crippen LogP contribution in [0.1, 0.15) is 57.1 Å².